The highest BCUT2D eigenvalue weighted by molar-refractivity contribution is 5.91. The minimum Gasteiger partial charge on any atom is -0.384 e. The summed E-state index contributed by atoms with van der Waals surface area (Å²) >= 11 is 0. The van der Waals surface area contributed by atoms with Gasteiger partial charge in [0.2, 0.25) is 0 Å². The molecular formula is C9H14N2. The average Bonchev–Trinajstić information content (AvgIpc) is 2.09. The lowest BCUT2D eigenvalue weighted by Gasteiger charge is -2.39. The maximum atomic E-state index is 5.60. The molecule has 1 saturated carbocycles. The second kappa shape index (κ2) is 2.36. The second-order valence-electron chi connectivity index (χ2n) is 3.67. The van der Waals surface area contributed by atoms with E-state index in [9.17, 15) is 0 Å². The van der Waals surface area contributed by atoms with Crippen LogP contribution in [0.4, 0.5) is 0 Å². The summed E-state index contributed by atoms with van der Waals surface area (Å²) in [4.78, 5) is 4.26. The molecule has 1 aliphatic carbocycles. The van der Waals surface area contributed by atoms with Crippen molar-refractivity contribution in [2.75, 3.05) is 6.54 Å². The first-order valence-corrected chi connectivity index (χ1v) is 4.25. The third-order valence-corrected chi connectivity index (χ3v) is 2.92. The topological polar surface area (TPSA) is 38.4 Å². The second-order valence-corrected chi connectivity index (χ2v) is 3.67. The number of allylic oxidation sites excluding steroid dienone is 1. The van der Waals surface area contributed by atoms with Crippen LogP contribution >= 0.6 is 0 Å². The van der Waals surface area contributed by atoms with E-state index in [2.05, 4.69) is 18.0 Å². The summed E-state index contributed by atoms with van der Waals surface area (Å²) in [5.41, 5.74) is 5.60. The highest BCUT2D eigenvalue weighted by atomic mass is 14.9. The number of amidine groups is 1. The van der Waals surface area contributed by atoms with Crippen molar-refractivity contribution in [1.29, 1.82) is 0 Å². The molecule has 1 aliphatic heterocycles. The van der Waals surface area contributed by atoms with Crippen LogP contribution in [0.5, 0.6) is 0 Å². The zero-order valence-electron chi connectivity index (χ0n) is 6.83. The fourth-order valence-electron chi connectivity index (χ4n) is 2.03. The molecule has 1 fully saturated rings. The highest BCUT2D eigenvalue weighted by Crippen LogP contribution is 2.41. The Kier molecular flexibility index (Phi) is 1.48. The summed E-state index contributed by atoms with van der Waals surface area (Å²) in [7, 11) is 0. The van der Waals surface area contributed by atoms with Crippen LogP contribution in [0.25, 0.3) is 0 Å². The van der Waals surface area contributed by atoms with Gasteiger partial charge in [0, 0.05) is 6.54 Å². The van der Waals surface area contributed by atoms with Crippen molar-refractivity contribution in [1.82, 2.24) is 0 Å². The van der Waals surface area contributed by atoms with Crippen LogP contribution in [0, 0.1) is 17.8 Å². The molecule has 11 heavy (non-hydrogen) atoms. The van der Waals surface area contributed by atoms with Gasteiger partial charge in [-0.05, 0) is 30.3 Å². The number of fused-ring (bicyclic) bond motifs is 1. The number of aliphatic imine (C=N–C) groups is 1. The monoisotopic (exact) mass is 150 g/mol. The van der Waals surface area contributed by atoms with Crippen molar-refractivity contribution in [2.24, 2.45) is 28.5 Å². The first-order valence-electron chi connectivity index (χ1n) is 4.25. The molecule has 60 valence electrons. The van der Waals surface area contributed by atoms with E-state index in [-0.39, 0.29) is 0 Å². The molecule has 0 aromatic heterocycles. The van der Waals surface area contributed by atoms with Crippen molar-refractivity contribution < 1.29 is 0 Å². The molecule has 0 saturated heterocycles. The lowest BCUT2D eigenvalue weighted by Crippen LogP contribution is -2.35. The van der Waals surface area contributed by atoms with Crippen molar-refractivity contribution in [2.45, 2.75) is 13.3 Å². The van der Waals surface area contributed by atoms with Gasteiger partial charge in [0.15, 0.2) is 0 Å². The minimum absolute atomic E-state index is 0.701. The van der Waals surface area contributed by atoms with E-state index in [0.29, 0.717) is 5.84 Å². The Morgan fingerprint density at radius 3 is 3.18 bits per heavy atom. The number of nitrogens with two attached hydrogens (primary N) is 1. The maximum Gasteiger partial charge on any atom is 0.117 e. The summed E-state index contributed by atoms with van der Waals surface area (Å²) in [6.45, 7) is 3.23. The fourth-order valence-corrected chi connectivity index (χ4v) is 2.03. The van der Waals surface area contributed by atoms with Gasteiger partial charge >= 0.3 is 0 Å². The molecular weight excluding hydrogens is 136 g/mol. The molecule has 0 amide bonds. The first kappa shape index (κ1) is 6.89. The molecule has 0 spiro atoms. The Morgan fingerprint density at radius 2 is 2.45 bits per heavy atom. The summed E-state index contributed by atoms with van der Waals surface area (Å²) in [5.74, 6) is 3.08. The van der Waals surface area contributed by atoms with Gasteiger partial charge in [-0.15, -0.1) is 0 Å². The van der Waals surface area contributed by atoms with Crippen LogP contribution in [0.15, 0.2) is 17.1 Å². The smallest absolute Gasteiger partial charge is 0.117 e. The number of hydrogen-bond acceptors (Lipinski definition) is 2. The standard InChI is InChI=1S/C9H14N2/c1-6-4-7-2-3-9(10)11-5-8(6)7/h2-3,6-8H,4-5H2,1H3,(H2,10,11). The van der Waals surface area contributed by atoms with E-state index in [0.717, 1.165) is 24.3 Å². The third kappa shape index (κ3) is 1.06. The van der Waals surface area contributed by atoms with Crippen LogP contribution in [0.3, 0.4) is 0 Å². The molecule has 2 rings (SSSR count). The van der Waals surface area contributed by atoms with E-state index in [4.69, 9.17) is 5.73 Å². The van der Waals surface area contributed by atoms with E-state index in [1.807, 2.05) is 6.08 Å². The van der Waals surface area contributed by atoms with Gasteiger partial charge in [0.25, 0.3) is 0 Å². The van der Waals surface area contributed by atoms with Gasteiger partial charge < -0.3 is 5.73 Å². The normalized spacial score (nSPS) is 41.9. The molecule has 3 unspecified atom stereocenters. The van der Waals surface area contributed by atoms with E-state index in [1.165, 1.54) is 6.42 Å². The molecule has 1 heterocycles. The quantitative estimate of drug-likeness (QED) is 0.553. The summed E-state index contributed by atoms with van der Waals surface area (Å²) in [5, 5.41) is 0. The van der Waals surface area contributed by atoms with Gasteiger partial charge in [-0.2, -0.15) is 0 Å². The first-order chi connectivity index (χ1) is 5.27. The largest absolute Gasteiger partial charge is 0.384 e. The molecule has 2 aliphatic rings. The summed E-state index contributed by atoms with van der Waals surface area (Å²) in [6, 6.07) is 0. The Morgan fingerprint density at radius 1 is 1.64 bits per heavy atom. The fraction of sp³-hybridized carbons (Fsp3) is 0.667. The van der Waals surface area contributed by atoms with Gasteiger partial charge in [0.05, 0.1) is 0 Å². The molecule has 0 radical (unpaired) electrons. The molecule has 2 heteroatoms. The van der Waals surface area contributed by atoms with Crippen LogP contribution in [0.1, 0.15) is 13.3 Å². The molecule has 2 N–H and O–H groups in total. The van der Waals surface area contributed by atoms with Crippen molar-refractivity contribution in [3.63, 3.8) is 0 Å². The minimum atomic E-state index is 0.701. The molecule has 0 bridgehead atoms. The van der Waals surface area contributed by atoms with Crippen LogP contribution in [0.2, 0.25) is 0 Å². The summed E-state index contributed by atoms with van der Waals surface area (Å²) in [6.07, 6.45) is 5.50. The molecule has 0 aromatic rings. The van der Waals surface area contributed by atoms with E-state index < -0.39 is 0 Å². The van der Waals surface area contributed by atoms with E-state index in [1.54, 1.807) is 0 Å². The third-order valence-electron chi connectivity index (χ3n) is 2.92. The van der Waals surface area contributed by atoms with Crippen molar-refractivity contribution >= 4 is 5.84 Å². The number of rotatable bonds is 0. The van der Waals surface area contributed by atoms with Crippen LogP contribution < -0.4 is 5.73 Å². The maximum absolute atomic E-state index is 5.60. The zero-order valence-corrected chi connectivity index (χ0v) is 6.83. The molecule has 0 aromatic carbocycles. The zero-order chi connectivity index (χ0) is 7.84. The lowest BCUT2D eigenvalue weighted by atomic mass is 9.66. The lowest BCUT2D eigenvalue weighted by molar-refractivity contribution is 0.135. The number of nitrogens with zero attached hydrogens (tertiary/aromatic N) is 1. The Hall–Kier alpha value is -0.790. The Labute approximate surface area is 67.2 Å². The predicted molar refractivity (Wildman–Crippen MR) is 46.4 cm³/mol. The highest BCUT2D eigenvalue weighted by Gasteiger charge is 2.36. The molecule has 3 atom stereocenters. The van der Waals surface area contributed by atoms with Gasteiger partial charge in [-0.1, -0.05) is 13.0 Å². The van der Waals surface area contributed by atoms with Crippen LogP contribution in [-0.4, -0.2) is 12.4 Å². The van der Waals surface area contributed by atoms with Crippen molar-refractivity contribution in [3.05, 3.63) is 12.2 Å². The Balaban J connectivity index is 2.12. The van der Waals surface area contributed by atoms with Gasteiger partial charge in [0.1, 0.15) is 5.84 Å². The number of hydrogen-bond donors (Lipinski definition) is 1. The van der Waals surface area contributed by atoms with Crippen molar-refractivity contribution in [3.8, 4) is 0 Å². The Bertz CT molecular complexity index is 218. The average molecular weight is 150 g/mol. The summed E-state index contributed by atoms with van der Waals surface area (Å²) < 4.78 is 0. The van der Waals surface area contributed by atoms with Crippen LogP contribution in [-0.2, 0) is 0 Å². The molecule has 2 nitrogen and oxygen atoms in total. The predicted octanol–water partition coefficient (Wildman–Crippen LogP) is 1.19. The van der Waals surface area contributed by atoms with E-state index >= 15 is 0 Å². The van der Waals surface area contributed by atoms with Gasteiger partial charge in [-0.3, -0.25) is 4.99 Å². The SMILES string of the molecule is CC1CC2C=CC(N)=NCC12. The van der Waals surface area contributed by atoms with Gasteiger partial charge in [-0.25, -0.2) is 0 Å².